The predicted molar refractivity (Wildman–Crippen MR) is 476 cm³/mol. The van der Waals surface area contributed by atoms with E-state index in [1.165, 1.54) is 79.3 Å². The van der Waals surface area contributed by atoms with Gasteiger partial charge in [-0.1, -0.05) is 70.1 Å². The second-order valence-corrected chi connectivity index (χ2v) is 31.7. The smallest absolute Gasteiger partial charge is 0.227 e. The van der Waals surface area contributed by atoms with E-state index in [9.17, 15) is 0 Å². The third-order valence-corrected chi connectivity index (χ3v) is 22.9. The van der Waals surface area contributed by atoms with Gasteiger partial charge in [-0.2, -0.15) is 0 Å². The Morgan fingerprint density at radius 1 is 0.297 bits per heavy atom. The van der Waals surface area contributed by atoms with Crippen LogP contribution in [-0.4, -0.2) is 24.9 Å². The number of aromatic nitrogens is 10. The van der Waals surface area contributed by atoms with Crippen molar-refractivity contribution in [2.24, 2.45) is 35.2 Å². The molecule has 5 aromatic carbocycles. The number of hydrogen-bond acceptors (Lipinski definition) is 10. The fraction of sp³-hybridized carbons (Fsp3) is 0.223. The van der Waals surface area contributed by atoms with Gasteiger partial charge >= 0.3 is 0 Å². The molecule has 1 atom stereocenters. The summed E-state index contributed by atoms with van der Waals surface area (Å²) in [6.07, 6.45) is 18.6. The second-order valence-electron chi connectivity index (χ2n) is 31.7. The van der Waals surface area contributed by atoms with Gasteiger partial charge in [0.1, 0.15) is 35.2 Å². The topological polar surface area (TPSA) is 150 Å². The lowest BCUT2D eigenvalue weighted by molar-refractivity contribution is -0.660. The third kappa shape index (κ3) is 14.4. The van der Waals surface area contributed by atoms with Crippen molar-refractivity contribution in [1.82, 2.24) is 24.9 Å². The molecule has 0 spiro atoms. The fourth-order valence-corrected chi connectivity index (χ4v) is 16.8. The highest BCUT2D eigenvalue weighted by Crippen LogP contribution is 2.44. The minimum Gasteiger partial charge on any atom is -0.437 e. The average molecular weight is 1570 g/mol. The maximum absolute atomic E-state index is 8.45. The van der Waals surface area contributed by atoms with Crippen LogP contribution in [-0.2, 0) is 35.2 Å². The van der Waals surface area contributed by atoms with Gasteiger partial charge in [-0.25, -0.2) is 47.8 Å². The summed E-state index contributed by atoms with van der Waals surface area (Å²) in [6.45, 7) is 24.6. The average Bonchev–Trinajstić information content (AvgIpc) is 1.62. The Balaban J connectivity index is 0.000000115. The molecule has 0 aliphatic heterocycles. The van der Waals surface area contributed by atoms with Crippen LogP contribution in [0.3, 0.4) is 0 Å². The molecule has 118 heavy (non-hydrogen) atoms. The van der Waals surface area contributed by atoms with Gasteiger partial charge in [-0.3, -0.25) is 0 Å². The summed E-state index contributed by atoms with van der Waals surface area (Å²) >= 11 is 0. The first-order valence-corrected chi connectivity index (χ1v) is 39.8. The molecule has 15 nitrogen and oxygen atoms in total. The summed E-state index contributed by atoms with van der Waals surface area (Å²) in [7, 11) is 10.0. The Labute approximate surface area is 697 Å². The van der Waals surface area contributed by atoms with E-state index in [4.69, 9.17) is 31.7 Å². The van der Waals surface area contributed by atoms with E-state index < -0.39 is 19.6 Å². The lowest BCUT2D eigenvalue weighted by atomic mass is 9.95. The van der Waals surface area contributed by atoms with E-state index in [0.717, 1.165) is 127 Å². The van der Waals surface area contributed by atoms with Crippen LogP contribution < -0.4 is 22.8 Å². The van der Waals surface area contributed by atoms with Crippen molar-refractivity contribution in [3.05, 3.63) is 298 Å². The Bertz CT molecular complexity index is 7700. The maximum atomic E-state index is 8.45. The van der Waals surface area contributed by atoms with E-state index in [1.54, 1.807) is 61.6 Å². The van der Waals surface area contributed by atoms with E-state index in [1.807, 2.05) is 104 Å². The zero-order valence-electron chi connectivity index (χ0n) is 77.4. The van der Waals surface area contributed by atoms with Gasteiger partial charge in [-0.05, 0) is 229 Å². The minimum atomic E-state index is -2.44. The molecule has 15 heteroatoms. The van der Waals surface area contributed by atoms with E-state index in [2.05, 4.69) is 227 Å². The number of hydrogen-bond donors (Lipinski definition) is 0. The van der Waals surface area contributed by atoms with Crippen LogP contribution >= 0.6 is 0 Å². The number of aryl methyl sites for hydroxylation is 17. The number of benzene rings is 5. The van der Waals surface area contributed by atoms with E-state index in [0.29, 0.717) is 51.2 Å². The fourth-order valence-electron chi connectivity index (χ4n) is 16.8. The molecule has 588 valence electrons. The number of pyridine rings is 10. The SMILES string of the molecule is Cc1cc(-c2c(C)cc(C)c3c2oc2ncccc23)[n+](C)cc1C.Cc1cc(C)c2c(oc3ncccc32)c1-c1cc(C(C)C)cc[n+]1C.Cc1ccc(-c2c(C)cc(C)c3c2oc2ncccc23)[n+](C)c1.[2H]C([2H])([2H])C([2H])(C)c1cc[n+](C)c(-c2c(C)ccc3c2oc2ncccc23)c1.[2H]C([2H])([2H])c1ccc(-c2c(C)ccc3c2oc2ncccc23)[n+](C)c1. The van der Waals surface area contributed by atoms with Crippen molar-refractivity contribution in [3.63, 3.8) is 0 Å². The first-order chi connectivity index (χ1) is 59.5. The van der Waals surface area contributed by atoms with Crippen molar-refractivity contribution in [2.45, 2.75) is 122 Å². The van der Waals surface area contributed by atoms with Crippen LogP contribution in [0.25, 0.3) is 167 Å². The zero-order chi connectivity index (χ0) is 88.9. The molecule has 20 rings (SSSR count). The number of fused-ring (bicyclic) bond motifs is 15. The minimum absolute atomic E-state index is 0.315. The van der Waals surface area contributed by atoms with Crippen molar-refractivity contribution in [2.75, 3.05) is 0 Å². The van der Waals surface area contributed by atoms with E-state index >= 15 is 0 Å². The van der Waals surface area contributed by atoms with Gasteiger partial charge in [0.25, 0.3) is 0 Å². The summed E-state index contributed by atoms with van der Waals surface area (Å²) < 4.78 is 95.5. The standard InChI is InChI=1S/C22H23N2O.2C21H21N2O.C20H19N2O.C19H17N2O/c1-13(2)16-8-10-24(5)18(12-16)20-15(4)11-14(3)19-17-7-6-9-23-22(17)25-21(19)20;1-12-10-17(23(5)11-15(12)4)19-14(3)9-13(2)18-16-7-6-8-22-21(16)24-20(18)19;1-13(2)15-9-11-23(4)18(12-15)19-14(3)7-8-16-17-6-5-10-22-21(17)24-20(16)19;1-12-7-8-16(22(4)11-12)18-14(3)10-13(2)17-15-6-5-9-21-20(15)23-19(17)18;1-12-6-9-16(21(3)11-12)17-13(2)7-8-14-15-5-4-10-20-19(15)22-18(14)17/h6-13H,1-5H3;6-11H,1-5H3;5-13H,1-4H3;5-11H,1-4H3;4-11H,1-3H3/q5*+1/i;;1D3,13D;;1D3. The summed E-state index contributed by atoms with van der Waals surface area (Å²) in [4.78, 5) is 21.8. The van der Waals surface area contributed by atoms with Gasteiger partial charge < -0.3 is 22.1 Å². The Kier molecular flexibility index (Phi) is 18.8. The summed E-state index contributed by atoms with van der Waals surface area (Å²) in [6, 6.07) is 52.7. The van der Waals surface area contributed by atoms with Gasteiger partial charge in [0.15, 0.2) is 58.9 Å². The first kappa shape index (κ1) is 70.0. The number of furan rings is 5. The second kappa shape index (κ2) is 31.7. The zero-order valence-corrected chi connectivity index (χ0v) is 70.4. The molecule has 0 fully saturated rings. The molecule has 0 bridgehead atoms. The van der Waals surface area contributed by atoms with Crippen LogP contribution in [0.15, 0.2) is 242 Å². The Morgan fingerprint density at radius 3 is 1.06 bits per heavy atom. The molecule has 0 aliphatic rings. The molecule has 0 radical (unpaired) electrons. The lowest BCUT2D eigenvalue weighted by Crippen LogP contribution is -2.31. The molecule has 20 aromatic rings. The van der Waals surface area contributed by atoms with Gasteiger partial charge in [0.05, 0.1) is 27.8 Å². The molecule has 0 saturated heterocycles. The third-order valence-electron chi connectivity index (χ3n) is 22.9. The highest BCUT2D eigenvalue weighted by Gasteiger charge is 2.29. The van der Waals surface area contributed by atoms with Crippen LogP contribution in [0, 0.1) is 83.0 Å². The molecule has 0 amide bonds. The highest BCUT2D eigenvalue weighted by molar-refractivity contribution is 6.14. The normalized spacial score (nSPS) is 13.2. The molecule has 15 aromatic heterocycles. The summed E-state index contributed by atoms with van der Waals surface area (Å²) in [5, 5.41) is 10.6. The molecule has 0 N–H and O–H groups in total. The van der Waals surface area contributed by atoms with Crippen molar-refractivity contribution in [3.8, 4) is 56.3 Å². The van der Waals surface area contributed by atoms with Crippen molar-refractivity contribution in [1.29, 1.82) is 0 Å². The molecular formula is C103H101N10O5+5. The number of rotatable bonds is 7. The molecule has 0 saturated carbocycles. The van der Waals surface area contributed by atoms with Crippen LogP contribution in [0.4, 0.5) is 0 Å². The quantitative estimate of drug-likeness (QED) is 0.141. The summed E-state index contributed by atoms with van der Waals surface area (Å²) in [5.41, 5.74) is 33.3. The largest absolute Gasteiger partial charge is 0.437 e. The van der Waals surface area contributed by atoms with Crippen LogP contribution in [0.5, 0.6) is 0 Å². The molecule has 15 heterocycles. The van der Waals surface area contributed by atoms with Gasteiger partial charge in [-0.15, -0.1) is 0 Å². The molecular weight excluding hydrogens is 1460 g/mol. The number of nitrogens with zero attached hydrogens (tertiary/aromatic N) is 10. The monoisotopic (exact) mass is 1560 g/mol. The predicted octanol–water partition coefficient (Wildman–Crippen LogP) is 23.3. The van der Waals surface area contributed by atoms with Crippen LogP contribution in [0.1, 0.15) is 127 Å². The van der Waals surface area contributed by atoms with Crippen LogP contribution in [0.2, 0.25) is 0 Å². The Hall–Kier alpha value is -13.4. The molecule has 0 aliphatic carbocycles. The first-order valence-electron chi connectivity index (χ1n) is 43.3. The van der Waals surface area contributed by atoms with Gasteiger partial charge in [0, 0.05) is 154 Å². The lowest BCUT2D eigenvalue weighted by Gasteiger charge is -2.10. The summed E-state index contributed by atoms with van der Waals surface area (Å²) in [5.74, 6) is -1.23. The Morgan fingerprint density at radius 2 is 0.644 bits per heavy atom. The maximum Gasteiger partial charge on any atom is 0.227 e. The van der Waals surface area contributed by atoms with Crippen molar-refractivity contribution < 1.29 is 54.5 Å². The van der Waals surface area contributed by atoms with Crippen molar-refractivity contribution >= 4 is 110 Å². The highest BCUT2D eigenvalue weighted by atomic mass is 16.4. The van der Waals surface area contributed by atoms with Gasteiger partial charge in [0.2, 0.25) is 57.0 Å². The molecule has 1 unspecified atom stereocenters. The van der Waals surface area contributed by atoms with E-state index in [-0.39, 0.29) is 0 Å².